The second-order valence-corrected chi connectivity index (χ2v) is 9.38. The molecule has 3 heterocycles. The SMILES string of the molecule is CCOC(=O)[C@H]1CCCN(C(=O)CSc2nc(C)nc3sc4c(c23)CCC4)C1. The molecule has 0 saturated carbocycles. The summed E-state index contributed by atoms with van der Waals surface area (Å²) in [5.74, 6) is 0.773. The zero-order valence-corrected chi connectivity index (χ0v) is 18.0. The minimum atomic E-state index is -0.198. The number of hydrogen-bond acceptors (Lipinski definition) is 7. The summed E-state index contributed by atoms with van der Waals surface area (Å²) >= 11 is 3.28. The minimum absolute atomic E-state index is 0.0651. The fourth-order valence-corrected chi connectivity index (χ4v) is 6.42. The normalized spacial score (nSPS) is 19.1. The van der Waals surface area contributed by atoms with E-state index in [4.69, 9.17) is 4.74 Å². The van der Waals surface area contributed by atoms with Gasteiger partial charge in [0.1, 0.15) is 15.7 Å². The van der Waals surface area contributed by atoms with Gasteiger partial charge in [-0.1, -0.05) is 11.8 Å². The summed E-state index contributed by atoms with van der Waals surface area (Å²) in [7, 11) is 0. The number of fused-ring (bicyclic) bond motifs is 3. The van der Waals surface area contributed by atoms with Crippen molar-refractivity contribution in [1.82, 2.24) is 14.9 Å². The van der Waals surface area contributed by atoms with Gasteiger partial charge in [-0.05, 0) is 51.5 Å². The Labute approximate surface area is 173 Å². The number of ether oxygens (including phenoxy) is 1. The van der Waals surface area contributed by atoms with Gasteiger partial charge in [0.25, 0.3) is 0 Å². The number of amides is 1. The zero-order chi connectivity index (χ0) is 19.7. The third-order valence-corrected chi connectivity index (χ3v) is 7.52. The molecular weight excluding hydrogens is 394 g/mol. The van der Waals surface area contributed by atoms with E-state index >= 15 is 0 Å². The van der Waals surface area contributed by atoms with Crippen molar-refractivity contribution in [3.63, 3.8) is 0 Å². The van der Waals surface area contributed by atoms with Crippen molar-refractivity contribution in [3.05, 3.63) is 16.3 Å². The molecule has 1 atom stereocenters. The van der Waals surface area contributed by atoms with Crippen LogP contribution in [-0.2, 0) is 27.2 Å². The van der Waals surface area contributed by atoms with E-state index in [0.717, 1.165) is 46.8 Å². The number of carbonyl (C=O) groups is 2. The van der Waals surface area contributed by atoms with Gasteiger partial charge in [0.2, 0.25) is 5.91 Å². The van der Waals surface area contributed by atoms with Gasteiger partial charge in [0, 0.05) is 23.4 Å². The van der Waals surface area contributed by atoms with E-state index in [9.17, 15) is 9.59 Å². The average Bonchev–Trinajstić information content (AvgIpc) is 3.26. The molecule has 1 saturated heterocycles. The Balaban J connectivity index is 1.46. The monoisotopic (exact) mass is 419 g/mol. The molecule has 1 amide bonds. The summed E-state index contributed by atoms with van der Waals surface area (Å²) in [4.78, 5) is 38.4. The molecule has 1 fully saturated rings. The Kier molecular flexibility index (Phi) is 5.87. The molecule has 1 aliphatic heterocycles. The maximum absolute atomic E-state index is 12.8. The Morgan fingerprint density at radius 2 is 2.14 bits per heavy atom. The molecule has 0 aromatic carbocycles. The molecule has 0 radical (unpaired) electrons. The Morgan fingerprint density at radius 3 is 2.96 bits per heavy atom. The van der Waals surface area contributed by atoms with Crippen molar-refractivity contribution in [2.24, 2.45) is 5.92 Å². The van der Waals surface area contributed by atoms with E-state index in [1.165, 1.54) is 28.6 Å². The van der Waals surface area contributed by atoms with Crippen LogP contribution in [0.1, 0.15) is 42.5 Å². The molecule has 8 heteroatoms. The predicted octanol–water partition coefficient (Wildman–Crippen LogP) is 3.38. The van der Waals surface area contributed by atoms with Crippen molar-refractivity contribution < 1.29 is 14.3 Å². The maximum atomic E-state index is 12.8. The van der Waals surface area contributed by atoms with E-state index in [2.05, 4.69) is 9.97 Å². The smallest absolute Gasteiger partial charge is 0.310 e. The molecule has 0 N–H and O–H groups in total. The van der Waals surface area contributed by atoms with Crippen molar-refractivity contribution >= 4 is 45.2 Å². The van der Waals surface area contributed by atoms with Crippen molar-refractivity contribution in [2.45, 2.75) is 51.0 Å². The second kappa shape index (κ2) is 8.37. The first-order chi connectivity index (χ1) is 13.6. The first-order valence-electron chi connectivity index (χ1n) is 9.93. The summed E-state index contributed by atoms with van der Waals surface area (Å²) in [6, 6.07) is 0. The van der Waals surface area contributed by atoms with Crippen LogP contribution in [0.4, 0.5) is 0 Å². The number of aromatic nitrogens is 2. The first-order valence-corrected chi connectivity index (χ1v) is 11.7. The highest BCUT2D eigenvalue weighted by Crippen LogP contribution is 2.40. The van der Waals surface area contributed by atoms with E-state index in [1.807, 2.05) is 13.8 Å². The van der Waals surface area contributed by atoms with Gasteiger partial charge < -0.3 is 9.64 Å². The molecule has 150 valence electrons. The lowest BCUT2D eigenvalue weighted by atomic mass is 9.98. The van der Waals surface area contributed by atoms with Gasteiger partial charge in [-0.2, -0.15) is 0 Å². The second-order valence-electron chi connectivity index (χ2n) is 7.33. The lowest BCUT2D eigenvalue weighted by molar-refractivity contribution is -0.151. The summed E-state index contributed by atoms with van der Waals surface area (Å²) in [5.41, 5.74) is 1.38. The molecule has 1 aliphatic carbocycles. The number of carbonyl (C=O) groups excluding carboxylic acids is 2. The topological polar surface area (TPSA) is 72.4 Å². The van der Waals surface area contributed by atoms with Crippen molar-refractivity contribution in [3.8, 4) is 0 Å². The molecule has 2 aromatic rings. The Hall–Kier alpha value is -1.67. The van der Waals surface area contributed by atoms with E-state index in [1.54, 1.807) is 16.2 Å². The average molecular weight is 420 g/mol. The Bertz CT molecular complexity index is 912. The van der Waals surface area contributed by atoms with Gasteiger partial charge in [-0.3, -0.25) is 9.59 Å². The first kappa shape index (κ1) is 19.6. The number of nitrogens with zero attached hydrogens (tertiary/aromatic N) is 3. The lowest BCUT2D eigenvalue weighted by Gasteiger charge is -2.31. The van der Waals surface area contributed by atoms with Crippen LogP contribution < -0.4 is 0 Å². The molecule has 2 aliphatic rings. The van der Waals surface area contributed by atoms with Crippen LogP contribution >= 0.6 is 23.1 Å². The number of rotatable bonds is 5. The van der Waals surface area contributed by atoms with Crippen LogP contribution in [0.2, 0.25) is 0 Å². The molecule has 0 unspecified atom stereocenters. The van der Waals surface area contributed by atoms with Crippen LogP contribution in [-0.4, -0.2) is 52.2 Å². The van der Waals surface area contributed by atoms with E-state index in [0.29, 0.717) is 25.4 Å². The molecule has 0 bridgehead atoms. The van der Waals surface area contributed by atoms with Gasteiger partial charge in [0.15, 0.2) is 0 Å². The molecule has 2 aromatic heterocycles. The number of thiophene rings is 1. The van der Waals surface area contributed by atoms with Gasteiger partial charge in [-0.15, -0.1) is 11.3 Å². The van der Waals surface area contributed by atoms with E-state index in [-0.39, 0.29) is 17.8 Å². The largest absolute Gasteiger partial charge is 0.466 e. The van der Waals surface area contributed by atoms with E-state index < -0.39 is 0 Å². The third kappa shape index (κ3) is 3.89. The predicted molar refractivity (Wildman–Crippen MR) is 111 cm³/mol. The fourth-order valence-electron chi connectivity index (χ4n) is 4.05. The van der Waals surface area contributed by atoms with Crippen LogP contribution in [0.5, 0.6) is 0 Å². The summed E-state index contributed by atoms with van der Waals surface area (Å²) in [6.07, 6.45) is 5.03. The van der Waals surface area contributed by atoms with Crippen LogP contribution in [0.3, 0.4) is 0 Å². The molecule has 6 nitrogen and oxygen atoms in total. The van der Waals surface area contributed by atoms with Crippen LogP contribution in [0, 0.1) is 12.8 Å². The molecule has 4 rings (SSSR count). The van der Waals surface area contributed by atoms with Gasteiger partial charge in [0.05, 0.1) is 18.3 Å². The summed E-state index contributed by atoms with van der Waals surface area (Å²) < 4.78 is 5.14. The number of aryl methyl sites for hydroxylation is 3. The maximum Gasteiger partial charge on any atom is 0.310 e. The van der Waals surface area contributed by atoms with Crippen molar-refractivity contribution in [1.29, 1.82) is 0 Å². The minimum Gasteiger partial charge on any atom is -0.466 e. The quantitative estimate of drug-likeness (QED) is 0.420. The third-order valence-electron chi connectivity index (χ3n) is 5.37. The molecule has 28 heavy (non-hydrogen) atoms. The van der Waals surface area contributed by atoms with Crippen LogP contribution in [0.15, 0.2) is 5.03 Å². The summed E-state index contributed by atoms with van der Waals surface area (Å²) in [5, 5.41) is 2.08. The summed E-state index contributed by atoms with van der Waals surface area (Å²) in [6.45, 7) is 5.27. The van der Waals surface area contributed by atoms with Crippen molar-refractivity contribution in [2.75, 3.05) is 25.4 Å². The van der Waals surface area contributed by atoms with Gasteiger partial charge >= 0.3 is 5.97 Å². The number of piperidine rings is 1. The zero-order valence-electron chi connectivity index (χ0n) is 16.3. The number of esters is 1. The highest BCUT2D eigenvalue weighted by Gasteiger charge is 2.29. The fraction of sp³-hybridized carbons (Fsp3) is 0.600. The van der Waals surface area contributed by atoms with Crippen LogP contribution in [0.25, 0.3) is 10.2 Å². The van der Waals surface area contributed by atoms with Gasteiger partial charge in [-0.25, -0.2) is 9.97 Å². The standard InChI is InChI=1S/C20H25N3O3S2/c1-3-26-20(25)13-6-5-9-23(10-13)16(24)11-27-18-17-14-7-4-8-15(14)28-19(17)22-12(2)21-18/h13H,3-11H2,1-2H3/t13-/m0/s1. The lowest BCUT2D eigenvalue weighted by Crippen LogP contribution is -2.43. The Morgan fingerprint density at radius 1 is 1.29 bits per heavy atom. The number of hydrogen-bond donors (Lipinski definition) is 0. The number of likely N-dealkylation sites (tertiary alicyclic amines) is 1. The highest BCUT2D eigenvalue weighted by atomic mass is 32.2. The highest BCUT2D eigenvalue weighted by molar-refractivity contribution is 8.00. The molecular formula is C20H25N3O3S2. The number of thioether (sulfide) groups is 1. The molecule has 0 spiro atoms.